The number of nitrogens with one attached hydrogen (secondary N) is 2. The Morgan fingerprint density at radius 2 is 2.05 bits per heavy atom. The third kappa shape index (κ3) is 4.74. The normalized spacial score (nSPS) is 26.4. The molecule has 1 saturated heterocycles. The van der Waals surface area contributed by atoms with Crippen molar-refractivity contribution in [1.29, 1.82) is 5.41 Å². The molecule has 198 valence electrons. The molecule has 7 rings (SSSR count). The molecule has 4 fully saturated rings. The van der Waals surface area contributed by atoms with E-state index in [1.165, 1.54) is 6.42 Å². The van der Waals surface area contributed by atoms with Gasteiger partial charge in [0, 0.05) is 72.8 Å². The van der Waals surface area contributed by atoms with Gasteiger partial charge in [0.1, 0.15) is 13.5 Å². The maximum absolute atomic E-state index is 15.7. The summed E-state index contributed by atoms with van der Waals surface area (Å²) < 4.78 is 17.5. The third-order valence-electron chi connectivity index (χ3n) is 9.49. The second-order valence-electron chi connectivity index (χ2n) is 11.9. The Labute approximate surface area is 254 Å². The molecule has 6 nitrogen and oxygen atoms in total. The van der Waals surface area contributed by atoms with E-state index in [2.05, 4.69) is 32.4 Å². The zero-order valence-electron chi connectivity index (χ0n) is 22.4. The predicted octanol–water partition coefficient (Wildman–Crippen LogP) is 5.68. The largest absolute Gasteiger partial charge is 0.414 e. The maximum atomic E-state index is 15.7. The van der Waals surface area contributed by atoms with Gasteiger partial charge in [0.15, 0.2) is 5.84 Å². The van der Waals surface area contributed by atoms with Crippen molar-refractivity contribution in [3.63, 3.8) is 0 Å². The van der Waals surface area contributed by atoms with E-state index in [4.69, 9.17) is 13.3 Å². The third-order valence-corrected chi connectivity index (χ3v) is 9.49. The van der Waals surface area contributed by atoms with Crippen LogP contribution in [0.1, 0.15) is 61.6 Å². The van der Waals surface area contributed by atoms with Gasteiger partial charge in [0.05, 0.1) is 0 Å². The number of halogens is 1. The molecule has 2 atom stereocenters. The number of aryl methyl sites for hydroxylation is 1. The Bertz CT molecular complexity index is 1460. The molecule has 3 aromatic rings. The fourth-order valence-corrected chi connectivity index (χ4v) is 6.51. The Morgan fingerprint density at radius 1 is 1.23 bits per heavy atom. The number of hydrogen-bond acceptors (Lipinski definition) is 4. The van der Waals surface area contributed by atoms with Crippen molar-refractivity contribution in [3.05, 3.63) is 66.0 Å². The van der Waals surface area contributed by atoms with Crippen LogP contribution in [0.15, 0.2) is 47.7 Å². The van der Waals surface area contributed by atoms with Crippen molar-refractivity contribution in [2.75, 3.05) is 23.3 Å². The van der Waals surface area contributed by atoms with Gasteiger partial charge in [-0.15, -0.1) is 5.56 Å². The molecule has 2 aromatic heterocycles. The van der Waals surface area contributed by atoms with Crippen LogP contribution in [-0.2, 0) is 0 Å². The number of aromatic nitrogens is 2. The average Bonchev–Trinajstić information content (AvgIpc) is 3.70. The van der Waals surface area contributed by atoms with Crippen LogP contribution in [-0.4, -0.2) is 47.7 Å². The van der Waals surface area contributed by atoms with E-state index in [1.807, 2.05) is 48.6 Å². The molecule has 4 aliphatic rings. The number of anilines is 2. The van der Waals surface area contributed by atoms with Gasteiger partial charge in [-0.3, -0.25) is 10.5 Å². The fourth-order valence-electron chi connectivity index (χ4n) is 6.51. The summed E-state index contributed by atoms with van der Waals surface area (Å²) in [4.78, 5) is 6.68. The summed E-state index contributed by atoms with van der Waals surface area (Å²) in [6.45, 7) is 5.72. The van der Waals surface area contributed by atoms with Gasteiger partial charge in [-0.1, -0.05) is 37.4 Å². The number of benzene rings is 1. The number of amidine groups is 1. The molecule has 2 N–H and O–H groups in total. The number of fused-ring (bicyclic) bond motifs is 1. The van der Waals surface area contributed by atoms with Crippen molar-refractivity contribution in [3.8, 4) is 0 Å². The molecular weight excluding hydrogens is 712 g/mol. The number of hydrogen-bond donors (Lipinski definition) is 2. The Balaban J connectivity index is 0.00000277. The van der Waals surface area contributed by atoms with Crippen molar-refractivity contribution in [2.24, 2.45) is 22.2 Å². The minimum atomic E-state index is -0.929. The first-order valence-electron chi connectivity index (χ1n) is 13.9. The van der Waals surface area contributed by atoms with E-state index >= 15 is 4.39 Å². The summed E-state index contributed by atoms with van der Waals surface area (Å²) in [7, 11) is 6.03. The molecule has 0 amide bonds. The predicted molar refractivity (Wildman–Crippen MR) is 151 cm³/mol. The second-order valence-corrected chi connectivity index (χ2v) is 11.9. The summed E-state index contributed by atoms with van der Waals surface area (Å²) in [5, 5.41) is 16.3. The number of nitrogens with zero attached hydrogens (tertiary/aromatic N) is 4. The minimum absolute atomic E-state index is 0. The van der Waals surface area contributed by atoms with Gasteiger partial charge in [-0.05, 0) is 86.1 Å². The van der Waals surface area contributed by atoms with Gasteiger partial charge in [0.2, 0.25) is 0 Å². The molecule has 0 bridgehead atoms. The Hall–Kier alpha value is -2.23. The Kier molecular flexibility index (Phi) is 6.91. The molecule has 1 aliphatic heterocycles. The van der Waals surface area contributed by atoms with Gasteiger partial charge in [-0.2, -0.15) is 0 Å². The zero-order valence-corrected chi connectivity index (χ0v) is 26.5. The first-order chi connectivity index (χ1) is 18.3. The van der Waals surface area contributed by atoms with Gasteiger partial charge >= 0.3 is 0 Å². The van der Waals surface area contributed by atoms with E-state index in [-0.39, 0.29) is 42.4 Å². The van der Waals surface area contributed by atoms with Gasteiger partial charge in [0.25, 0.3) is 0 Å². The first kappa shape index (κ1) is 27.0. The van der Waals surface area contributed by atoms with Crippen LogP contribution >= 0.6 is 0 Å². The summed E-state index contributed by atoms with van der Waals surface area (Å²) in [6.07, 6.45) is 11.0. The quantitative estimate of drug-likeness (QED) is 0.142. The average molecular weight is 745 g/mol. The molecule has 2 unspecified atom stereocenters. The summed E-state index contributed by atoms with van der Waals surface area (Å²) in [5.74, 6) is 0.816. The summed E-state index contributed by atoms with van der Waals surface area (Å²) in [6, 6.07) is 10.1. The number of alkyl halides is 1. The zero-order chi connectivity index (χ0) is 26.1. The summed E-state index contributed by atoms with van der Waals surface area (Å²) in [5.41, 5.74) is 5.31. The topological polar surface area (TPSA) is 68.8 Å². The van der Waals surface area contributed by atoms with Gasteiger partial charge in [-0.25, -0.2) is 9.38 Å². The molecule has 1 spiro atoms. The molecule has 9 heteroatoms. The van der Waals surface area contributed by atoms with Crippen molar-refractivity contribution >= 4 is 36.2 Å². The molecule has 3 heterocycles. The van der Waals surface area contributed by atoms with Crippen LogP contribution in [0.2, 0.25) is 0 Å². The van der Waals surface area contributed by atoms with Crippen molar-refractivity contribution in [1.82, 2.24) is 9.61 Å². The molecule has 3 aliphatic carbocycles. The minimum Gasteiger partial charge on any atom is -0.414 e. The SMILES string of the molecule is [B]C(=NC(=N)c1ccc(C)c(N[CH-]c2cnn3ccc(N4CCC5(C4)CC5(F)C4CCC4)cc23)c1)C1CC1.[U]. The fraction of sp³-hybridized carbons (Fsp3) is 0.467. The molecule has 1 aromatic carbocycles. The second kappa shape index (κ2) is 10.00. The van der Waals surface area contributed by atoms with Gasteiger partial charge < -0.3 is 14.7 Å². The monoisotopic (exact) mass is 745 g/mol. The van der Waals surface area contributed by atoms with E-state index in [0.29, 0.717) is 17.4 Å². The molecule has 3 saturated carbocycles. The van der Waals surface area contributed by atoms with Crippen LogP contribution in [0.25, 0.3) is 5.52 Å². The van der Waals surface area contributed by atoms with Crippen molar-refractivity contribution in [2.45, 2.75) is 57.5 Å². The van der Waals surface area contributed by atoms with Crippen LogP contribution in [0, 0.1) is 67.2 Å². The van der Waals surface area contributed by atoms with Crippen LogP contribution in [0.3, 0.4) is 0 Å². The van der Waals surface area contributed by atoms with E-state index in [0.717, 1.165) is 85.2 Å². The Morgan fingerprint density at radius 3 is 2.79 bits per heavy atom. The van der Waals surface area contributed by atoms with E-state index < -0.39 is 5.67 Å². The smallest absolute Gasteiger partial charge is 0.150 e. The number of aliphatic imine (C=N–C) groups is 1. The number of rotatable bonds is 7. The van der Waals surface area contributed by atoms with E-state index in [9.17, 15) is 0 Å². The van der Waals surface area contributed by atoms with Crippen molar-refractivity contribution < 1.29 is 35.5 Å². The van der Waals surface area contributed by atoms with Crippen LogP contribution in [0.4, 0.5) is 15.8 Å². The van der Waals surface area contributed by atoms with Crippen LogP contribution in [0.5, 0.6) is 0 Å². The molecule has 2 radical (unpaired) electrons. The molecule has 39 heavy (non-hydrogen) atoms. The van der Waals surface area contributed by atoms with Crippen LogP contribution < -0.4 is 10.2 Å². The molecular formula is C30H33BFN6U-. The first-order valence-corrected chi connectivity index (χ1v) is 13.9. The number of pyridine rings is 1. The standard InChI is InChI=1S/C30H33BFN6.U/c1-19-5-6-21(28(33)36-27(31)20-7-8-20)13-25(19)34-15-22-16-35-38-11-9-24(14-26(22)38)37-12-10-29(18-37)17-30(29,32)23-3-2-4-23;/h5-6,9,11,13-16,20,23,33-34H,2-4,7-8,10,12,17-18H2,1H3;/q-1;. The summed E-state index contributed by atoms with van der Waals surface area (Å²) >= 11 is 0. The maximum Gasteiger partial charge on any atom is 0.150 e. The van der Waals surface area contributed by atoms with E-state index in [1.54, 1.807) is 0 Å².